The van der Waals surface area contributed by atoms with Crippen molar-refractivity contribution < 1.29 is 4.21 Å². The minimum absolute atomic E-state index is 0.131. The standard InChI is InChI=1S/C12H14BrN3OS/c1-8(7-18(2)17)16-10-3-4-14-11-5-9(13)6-15-12(10)11/h3-6,8H,7H2,1-2H3,(H,14,16)/t8-,18+/m0/s1. The average molecular weight is 328 g/mol. The molecule has 0 saturated heterocycles. The van der Waals surface area contributed by atoms with Gasteiger partial charge >= 0.3 is 0 Å². The number of pyridine rings is 2. The lowest BCUT2D eigenvalue weighted by atomic mass is 10.2. The van der Waals surface area contributed by atoms with Crippen LogP contribution in [0, 0.1) is 0 Å². The Balaban J connectivity index is 2.30. The fourth-order valence-corrected chi connectivity index (χ4v) is 2.89. The zero-order chi connectivity index (χ0) is 13.1. The molecule has 0 unspecified atom stereocenters. The van der Waals surface area contributed by atoms with Crippen LogP contribution in [0.15, 0.2) is 29.0 Å². The highest BCUT2D eigenvalue weighted by molar-refractivity contribution is 9.10. The number of fused-ring (bicyclic) bond motifs is 1. The number of nitrogens with zero attached hydrogens (tertiary/aromatic N) is 2. The van der Waals surface area contributed by atoms with E-state index in [2.05, 4.69) is 31.2 Å². The summed E-state index contributed by atoms with van der Waals surface area (Å²) in [6.07, 6.45) is 5.20. The topological polar surface area (TPSA) is 54.9 Å². The third-order valence-electron chi connectivity index (χ3n) is 2.43. The van der Waals surface area contributed by atoms with E-state index in [9.17, 15) is 4.21 Å². The molecule has 0 aliphatic rings. The molecule has 96 valence electrons. The van der Waals surface area contributed by atoms with Crippen LogP contribution in [0.3, 0.4) is 0 Å². The van der Waals surface area contributed by atoms with Gasteiger partial charge in [-0.1, -0.05) is 0 Å². The van der Waals surface area contributed by atoms with Crippen molar-refractivity contribution in [3.63, 3.8) is 0 Å². The largest absolute Gasteiger partial charge is 0.380 e. The molecule has 2 rings (SSSR count). The van der Waals surface area contributed by atoms with Crippen LogP contribution in [0.5, 0.6) is 0 Å². The van der Waals surface area contributed by atoms with Crippen LogP contribution in [0.1, 0.15) is 6.92 Å². The Morgan fingerprint density at radius 2 is 2.28 bits per heavy atom. The molecule has 2 aromatic rings. The summed E-state index contributed by atoms with van der Waals surface area (Å²) in [6.45, 7) is 2.01. The van der Waals surface area contributed by atoms with Gasteiger partial charge in [-0.05, 0) is 35.0 Å². The molecule has 0 aliphatic carbocycles. The molecule has 0 saturated carbocycles. The lowest BCUT2D eigenvalue weighted by Crippen LogP contribution is -2.22. The summed E-state index contributed by atoms with van der Waals surface area (Å²) in [5.41, 5.74) is 2.58. The minimum Gasteiger partial charge on any atom is -0.380 e. The molecule has 0 spiro atoms. The van der Waals surface area contributed by atoms with Crippen molar-refractivity contribution in [3.8, 4) is 0 Å². The van der Waals surface area contributed by atoms with Crippen LogP contribution >= 0.6 is 15.9 Å². The summed E-state index contributed by atoms with van der Waals surface area (Å²) >= 11 is 3.38. The summed E-state index contributed by atoms with van der Waals surface area (Å²) < 4.78 is 12.1. The molecular formula is C12H14BrN3OS. The Morgan fingerprint density at radius 1 is 1.50 bits per heavy atom. The van der Waals surface area contributed by atoms with Crippen LogP contribution in [0.25, 0.3) is 11.0 Å². The molecule has 0 aromatic carbocycles. The van der Waals surface area contributed by atoms with Gasteiger partial charge in [-0.3, -0.25) is 14.2 Å². The van der Waals surface area contributed by atoms with Crippen molar-refractivity contribution in [2.24, 2.45) is 0 Å². The van der Waals surface area contributed by atoms with Gasteiger partial charge in [0.15, 0.2) is 0 Å². The fourth-order valence-electron chi connectivity index (χ4n) is 1.78. The Hall–Kier alpha value is -1.01. The lowest BCUT2D eigenvalue weighted by Gasteiger charge is -2.14. The van der Waals surface area contributed by atoms with Gasteiger partial charge in [-0.25, -0.2) is 0 Å². The van der Waals surface area contributed by atoms with Gasteiger partial charge in [0, 0.05) is 45.7 Å². The highest BCUT2D eigenvalue weighted by Crippen LogP contribution is 2.22. The van der Waals surface area contributed by atoms with Gasteiger partial charge in [-0.2, -0.15) is 0 Å². The van der Waals surface area contributed by atoms with Gasteiger partial charge in [-0.15, -0.1) is 0 Å². The third kappa shape index (κ3) is 3.26. The maximum absolute atomic E-state index is 11.2. The highest BCUT2D eigenvalue weighted by atomic mass is 79.9. The van der Waals surface area contributed by atoms with Crippen LogP contribution < -0.4 is 5.32 Å². The third-order valence-corrected chi connectivity index (χ3v) is 3.83. The molecule has 1 N–H and O–H groups in total. The maximum Gasteiger partial charge on any atom is 0.112 e. The van der Waals surface area contributed by atoms with Crippen LogP contribution in [-0.2, 0) is 10.8 Å². The van der Waals surface area contributed by atoms with Crippen LogP contribution in [-0.4, -0.2) is 32.2 Å². The van der Waals surface area contributed by atoms with E-state index in [1.54, 1.807) is 18.6 Å². The molecule has 2 heterocycles. The van der Waals surface area contributed by atoms with E-state index in [1.165, 1.54) is 0 Å². The summed E-state index contributed by atoms with van der Waals surface area (Å²) in [5, 5.41) is 3.32. The molecule has 0 amide bonds. The summed E-state index contributed by atoms with van der Waals surface area (Å²) in [6, 6.07) is 3.95. The highest BCUT2D eigenvalue weighted by Gasteiger charge is 2.08. The first-order valence-corrected chi connectivity index (χ1v) is 8.05. The quantitative estimate of drug-likeness (QED) is 0.937. The second kappa shape index (κ2) is 5.75. The van der Waals surface area contributed by atoms with E-state index in [4.69, 9.17) is 0 Å². The Kier molecular flexibility index (Phi) is 4.29. The smallest absolute Gasteiger partial charge is 0.112 e. The summed E-state index contributed by atoms with van der Waals surface area (Å²) in [4.78, 5) is 8.64. The van der Waals surface area contributed by atoms with Gasteiger partial charge in [0.1, 0.15) is 5.52 Å². The zero-order valence-electron chi connectivity index (χ0n) is 10.2. The Labute approximate surface area is 117 Å². The van der Waals surface area contributed by atoms with E-state index >= 15 is 0 Å². The molecule has 0 fully saturated rings. The number of aromatic nitrogens is 2. The monoisotopic (exact) mass is 327 g/mol. The van der Waals surface area contributed by atoms with E-state index in [-0.39, 0.29) is 6.04 Å². The molecule has 6 heteroatoms. The number of anilines is 1. The van der Waals surface area contributed by atoms with Crippen molar-refractivity contribution in [2.45, 2.75) is 13.0 Å². The Morgan fingerprint density at radius 3 is 3.00 bits per heavy atom. The number of hydrogen-bond donors (Lipinski definition) is 1. The first kappa shape index (κ1) is 13.4. The molecule has 0 bridgehead atoms. The summed E-state index contributed by atoms with van der Waals surface area (Å²) in [5.74, 6) is 0.611. The minimum atomic E-state index is -0.813. The molecule has 2 atom stereocenters. The van der Waals surface area contributed by atoms with Crippen molar-refractivity contribution in [3.05, 3.63) is 29.0 Å². The Bertz CT molecular complexity index is 591. The first-order valence-electron chi connectivity index (χ1n) is 5.53. The normalized spacial score (nSPS) is 14.4. The summed E-state index contributed by atoms with van der Waals surface area (Å²) in [7, 11) is -0.813. The van der Waals surface area contributed by atoms with E-state index in [0.717, 1.165) is 21.2 Å². The van der Waals surface area contributed by atoms with Crippen molar-refractivity contribution in [2.75, 3.05) is 17.3 Å². The van der Waals surface area contributed by atoms with Crippen molar-refractivity contribution >= 4 is 43.5 Å². The molecule has 2 aromatic heterocycles. The molecule has 0 aliphatic heterocycles. The fraction of sp³-hybridized carbons (Fsp3) is 0.333. The van der Waals surface area contributed by atoms with Gasteiger partial charge in [0.2, 0.25) is 0 Å². The van der Waals surface area contributed by atoms with Gasteiger partial charge in [0.25, 0.3) is 0 Å². The molecule has 18 heavy (non-hydrogen) atoms. The first-order chi connectivity index (χ1) is 8.56. The second-order valence-corrected chi connectivity index (χ2v) is 6.56. The van der Waals surface area contributed by atoms with E-state index < -0.39 is 10.8 Å². The lowest BCUT2D eigenvalue weighted by molar-refractivity contribution is 0.683. The van der Waals surface area contributed by atoms with Crippen molar-refractivity contribution in [1.82, 2.24) is 9.97 Å². The molecule has 0 radical (unpaired) electrons. The number of hydrogen-bond acceptors (Lipinski definition) is 4. The van der Waals surface area contributed by atoms with Crippen LogP contribution in [0.4, 0.5) is 5.69 Å². The van der Waals surface area contributed by atoms with Crippen molar-refractivity contribution in [1.29, 1.82) is 0 Å². The zero-order valence-corrected chi connectivity index (χ0v) is 12.6. The van der Waals surface area contributed by atoms with Crippen LogP contribution in [0.2, 0.25) is 0 Å². The van der Waals surface area contributed by atoms with E-state index in [1.807, 2.05) is 19.1 Å². The van der Waals surface area contributed by atoms with Gasteiger partial charge < -0.3 is 5.32 Å². The number of nitrogens with one attached hydrogen (secondary N) is 1. The SMILES string of the molecule is C[C@@H](C[S@@](C)=O)Nc1ccnc2cc(Br)cnc12. The van der Waals surface area contributed by atoms with Gasteiger partial charge in [0.05, 0.1) is 11.2 Å². The number of rotatable bonds is 4. The maximum atomic E-state index is 11.2. The average Bonchev–Trinajstić information content (AvgIpc) is 2.27. The molecule has 4 nitrogen and oxygen atoms in total. The second-order valence-electron chi connectivity index (χ2n) is 4.17. The number of halogens is 1. The predicted molar refractivity (Wildman–Crippen MR) is 79.3 cm³/mol. The molecular weight excluding hydrogens is 314 g/mol. The van der Waals surface area contributed by atoms with E-state index in [0.29, 0.717) is 5.75 Å². The predicted octanol–water partition coefficient (Wildman–Crippen LogP) is 2.57.